The molecule has 3 rings (SSSR count). The summed E-state index contributed by atoms with van der Waals surface area (Å²) < 4.78 is 5.38. The number of nitrogens with one attached hydrogen (secondary N) is 1. The Morgan fingerprint density at radius 3 is 2.32 bits per heavy atom. The van der Waals surface area contributed by atoms with Crippen LogP contribution in [0.1, 0.15) is 12.5 Å². The first-order valence-electron chi connectivity index (χ1n) is 10.7. The molecule has 1 N–H and O–H groups in total. The van der Waals surface area contributed by atoms with Gasteiger partial charge in [0.25, 0.3) is 0 Å². The molecule has 0 saturated carbocycles. The van der Waals surface area contributed by atoms with Crippen molar-refractivity contribution < 1.29 is 14.3 Å². The van der Waals surface area contributed by atoms with Crippen molar-refractivity contribution in [1.29, 1.82) is 0 Å². The van der Waals surface area contributed by atoms with Crippen molar-refractivity contribution in [3.63, 3.8) is 0 Å². The average Bonchev–Trinajstić information content (AvgIpc) is 2.79. The average molecular weight is 425 g/mol. The Balaban J connectivity index is 1.48. The molecule has 0 aromatic heterocycles. The molecule has 1 atom stereocenters. The highest BCUT2D eigenvalue weighted by atomic mass is 16.5. The number of carbonyl (C=O) groups excluding carboxylic acids is 2. The Kier molecular flexibility index (Phi) is 8.03. The highest BCUT2D eigenvalue weighted by molar-refractivity contribution is 5.93. The maximum atomic E-state index is 12.8. The largest absolute Gasteiger partial charge is 0.378 e. The molecule has 0 spiro atoms. The second kappa shape index (κ2) is 10.9. The summed E-state index contributed by atoms with van der Waals surface area (Å²) in [6, 6.07) is 17.3. The molecule has 0 aliphatic carbocycles. The fourth-order valence-corrected chi connectivity index (χ4v) is 3.58. The van der Waals surface area contributed by atoms with Crippen molar-refractivity contribution in [2.24, 2.45) is 0 Å². The number of amides is 2. The van der Waals surface area contributed by atoms with Crippen molar-refractivity contribution in [3.05, 3.63) is 60.2 Å². The van der Waals surface area contributed by atoms with E-state index in [1.807, 2.05) is 61.5 Å². The van der Waals surface area contributed by atoms with Crippen molar-refractivity contribution in [2.75, 3.05) is 57.2 Å². The van der Waals surface area contributed by atoms with Crippen LogP contribution < -0.4 is 10.2 Å². The van der Waals surface area contributed by atoms with Crippen LogP contribution in [0.3, 0.4) is 0 Å². The summed E-state index contributed by atoms with van der Waals surface area (Å²) in [5, 5.41) is 2.92. The van der Waals surface area contributed by atoms with Gasteiger partial charge in [0.2, 0.25) is 11.8 Å². The van der Waals surface area contributed by atoms with Crippen LogP contribution in [0.4, 0.5) is 11.4 Å². The first kappa shape index (κ1) is 22.8. The van der Waals surface area contributed by atoms with E-state index in [1.165, 1.54) is 0 Å². The van der Waals surface area contributed by atoms with Gasteiger partial charge in [0.15, 0.2) is 0 Å². The molecule has 0 bridgehead atoms. The van der Waals surface area contributed by atoms with Gasteiger partial charge in [-0.1, -0.05) is 30.3 Å². The van der Waals surface area contributed by atoms with E-state index in [1.54, 1.807) is 23.9 Å². The zero-order valence-electron chi connectivity index (χ0n) is 18.6. The SMILES string of the molecule is C[C@@H](C(=O)N(C)Cc1ccccc1)N(C)CC(=O)Nc1ccc(N2CCOCC2)cc1. The van der Waals surface area contributed by atoms with Crippen molar-refractivity contribution in [3.8, 4) is 0 Å². The first-order chi connectivity index (χ1) is 14.9. The zero-order chi connectivity index (χ0) is 22.2. The Bertz CT molecular complexity index is 851. The highest BCUT2D eigenvalue weighted by Gasteiger charge is 2.23. The molecule has 7 nitrogen and oxygen atoms in total. The van der Waals surface area contributed by atoms with E-state index >= 15 is 0 Å². The van der Waals surface area contributed by atoms with Gasteiger partial charge < -0.3 is 19.9 Å². The quantitative estimate of drug-likeness (QED) is 0.705. The van der Waals surface area contributed by atoms with E-state index in [0.29, 0.717) is 6.54 Å². The normalized spacial score (nSPS) is 14.9. The number of ether oxygens (including phenoxy) is 1. The zero-order valence-corrected chi connectivity index (χ0v) is 18.6. The van der Waals surface area contributed by atoms with Gasteiger partial charge in [0.1, 0.15) is 0 Å². The molecule has 1 fully saturated rings. The summed E-state index contributed by atoms with van der Waals surface area (Å²) in [6.45, 7) is 5.73. The smallest absolute Gasteiger partial charge is 0.239 e. The van der Waals surface area contributed by atoms with Gasteiger partial charge in [-0.25, -0.2) is 0 Å². The molecule has 2 aromatic carbocycles. The molecular weight excluding hydrogens is 392 g/mol. The van der Waals surface area contributed by atoms with Gasteiger partial charge in [-0.2, -0.15) is 0 Å². The molecule has 1 saturated heterocycles. The molecular formula is C24H32N4O3. The van der Waals surface area contributed by atoms with Gasteiger partial charge in [-0.3, -0.25) is 14.5 Å². The van der Waals surface area contributed by atoms with Crippen LogP contribution in [-0.2, 0) is 20.9 Å². The molecule has 0 unspecified atom stereocenters. The molecule has 0 radical (unpaired) electrons. The molecule has 1 heterocycles. The Hall–Kier alpha value is -2.90. The number of nitrogens with zero attached hydrogens (tertiary/aromatic N) is 3. The van der Waals surface area contributed by atoms with E-state index in [-0.39, 0.29) is 18.4 Å². The fraction of sp³-hybridized carbons (Fsp3) is 0.417. The van der Waals surface area contributed by atoms with Gasteiger partial charge in [0, 0.05) is 38.1 Å². The molecule has 1 aliphatic heterocycles. The third-order valence-corrected chi connectivity index (χ3v) is 5.58. The number of hydrogen-bond donors (Lipinski definition) is 1. The van der Waals surface area contributed by atoms with Crippen LogP contribution in [0.5, 0.6) is 0 Å². The number of rotatable bonds is 8. The van der Waals surface area contributed by atoms with Crippen LogP contribution in [0, 0.1) is 0 Å². The minimum atomic E-state index is -0.400. The second-order valence-electron chi connectivity index (χ2n) is 7.97. The Morgan fingerprint density at radius 2 is 1.68 bits per heavy atom. The molecule has 7 heteroatoms. The number of morpholine rings is 1. The van der Waals surface area contributed by atoms with E-state index in [2.05, 4.69) is 10.2 Å². The lowest BCUT2D eigenvalue weighted by atomic mass is 10.2. The number of benzene rings is 2. The molecule has 2 aromatic rings. The predicted octanol–water partition coefficient (Wildman–Crippen LogP) is 2.44. The Labute approximate surface area is 184 Å². The van der Waals surface area contributed by atoms with E-state index < -0.39 is 6.04 Å². The Morgan fingerprint density at radius 1 is 1.03 bits per heavy atom. The first-order valence-corrected chi connectivity index (χ1v) is 10.7. The predicted molar refractivity (Wildman–Crippen MR) is 123 cm³/mol. The van der Waals surface area contributed by atoms with Gasteiger partial charge in [-0.15, -0.1) is 0 Å². The van der Waals surface area contributed by atoms with Crippen LogP contribution >= 0.6 is 0 Å². The number of anilines is 2. The standard InChI is InChI=1S/C24H32N4O3/c1-19(24(30)27(3)17-20-7-5-4-6-8-20)26(2)18-23(29)25-21-9-11-22(12-10-21)28-13-15-31-16-14-28/h4-12,19H,13-18H2,1-3H3,(H,25,29)/t19-/m0/s1. The molecule has 1 aliphatic rings. The minimum Gasteiger partial charge on any atom is -0.378 e. The lowest BCUT2D eigenvalue weighted by Crippen LogP contribution is -2.46. The summed E-state index contributed by atoms with van der Waals surface area (Å²) in [5.41, 5.74) is 2.95. The van der Waals surface area contributed by atoms with Crippen molar-refractivity contribution in [1.82, 2.24) is 9.80 Å². The van der Waals surface area contributed by atoms with E-state index in [4.69, 9.17) is 4.74 Å². The number of hydrogen-bond acceptors (Lipinski definition) is 5. The van der Waals surface area contributed by atoms with Crippen molar-refractivity contribution in [2.45, 2.75) is 19.5 Å². The van der Waals surface area contributed by atoms with Gasteiger partial charge >= 0.3 is 0 Å². The monoisotopic (exact) mass is 424 g/mol. The number of likely N-dealkylation sites (N-methyl/N-ethyl adjacent to an activating group) is 2. The summed E-state index contributed by atoms with van der Waals surface area (Å²) in [6.07, 6.45) is 0. The third-order valence-electron chi connectivity index (χ3n) is 5.58. The van der Waals surface area contributed by atoms with Crippen LogP contribution in [0.2, 0.25) is 0 Å². The van der Waals surface area contributed by atoms with Crippen LogP contribution in [-0.4, -0.2) is 74.6 Å². The lowest BCUT2D eigenvalue weighted by Gasteiger charge is -2.29. The fourth-order valence-electron chi connectivity index (χ4n) is 3.58. The van der Waals surface area contributed by atoms with Gasteiger partial charge in [-0.05, 0) is 43.8 Å². The maximum absolute atomic E-state index is 12.8. The van der Waals surface area contributed by atoms with Gasteiger partial charge in [0.05, 0.1) is 25.8 Å². The third kappa shape index (κ3) is 6.54. The van der Waals surface area contributed by atoms with Crippen LogP contribution in [0.25, 0.3) is 0 Å². The second-order valence-corrected chi connectivity index (χ2v) is 7.97. The summed E-state index contributed by atoms with van der Waals surface area (Å²) >= 11 is 0. The summed E-state index contributed by atoms with van der Waals surface area (Å²) in [7, 11) is 3.58. The van der Waals surface area contributed by atoms with E-state index in [9.17, 15) is 9.59 Å². The molecule has 2 amide bonds. The summed E-state index contributed by atoms with van der Waals surface area (Å²) in [5.74, 6) is -0.166. The maximum Gasteiger partial charge on any atom is 0.239 e. The van der Waals surface area contributed by atoms with Crippen LogP contribution in [0.15, 0.2) is 54.6 Å². The van der Waals surface area contributed by atoms with Crippen molar-refractivity contribution >= 4 is 23.2 Å². The molecule has 31 heavy (non-hydrogen) atoms. The molecule has 166 valence electrons. The minimum absolute atomic E-state index is 0.0194. The summed E-state index contributed by atoms with van der Waals surface area (Å²) in [4.78, 5) is 31.0. The van der Waals surface area contributed by atoms with E-state index in [0.717, 1.165) is 43.2 Å². The highest BCUT2D eigenvalue weighted by Crippen LogP contribution is 2.19. The number of carbonyl (C=O) groups is 2. The lowest BCUT2D eigenvalue weighted by molar-refractivity contribution is -0.135. The topological polar surface area (TPSA) is 65.1 Å².